The first-order valence-corrected chi connectivity index (χ1v) is 10.2. The van der Waals surface area contributed by atoms with Gasteiger partial charge in [-0.1, -0.05) is 25.1 Å². The minimum atomic E-state index is 0.395. The molecule has 1 aromatic carbocycles. The predicted octanol–water partition coefficient (Wildman–Crippen LogP) is 3.59. The number of aromatic nitrogens is 3. The standard InChI is InChI=1S/C22H28N6O/c1-3-24-22(27-11-9-17(2)20(14-27)28-12-10-23-16-28)25-13-19-15-29-21(26-19)18-7-5-4-6-8-18/h4-8,10,12,15-17,20H,3,9,11,13-14H2,1-2H3,(H,24,25). The lowest BCUT2D eigenvalue weighted by Gasteiger charge is -2.39. The molecule has 0 saturated carbocycles. The fourth-order valence-electron chi connectivity index (χ4n) is 3.77. The van der Waals surface area contributed by atoms with Crippen LogP contribution in [0.4, 0.5) is 0 Å². The van der Waals surface area contributed by atoms with Crippen molar-refractivity contribution >= 4 is 5.96 Å². The highest BCUT2D eigenvalue weighted by Gasteiger charge is 2.28. The fourth-order valence-corrected chi connectivity index (χ4v) is 3.77. The van der Waals surface area contributed by atoms with Crippen molar-refractivity contribution in [3.63, 3.8) is 0 Å². The van der Waals surface area contributed by atoms with Gasteiger partial charge in [0.25, 0.3) is 0 Å². The number of guanidine groups is 1. The summed E-state index contributed by atoms with van der Waals surface area (Å²) in [5.74, 6) is 2.16. The predicted molar refractivity (Wildman–Crippen MR) is 113 cm³/mol. The second-order valence-electron chi connectivity index (χ2n) is 7.47. The SMILES string of the molecule is CCNC(=NCc1coc(-c2ccccc2)n1)N1CCC(C)C(n2ccnc2)C1. The van der Waals surface area contributed by atoms with Gasteiger partial charge in [-0.2, -0.15) is 0 Å². The van der Waals surface area contributed by atoms with Crippen molar-refractivity contribution in [2.45, 2.75) is 32.9 Å². The first kappa shape index (κ1) is 19.2. The van der Waals surface area contributed by atoms with Crippen molar-refractivity contribution in [1.82, 2.24) is 24.8 Å². The number of rotatable bonds is 5. The number of nitrogens with zero attached hydrogens (tertiary/aromatic N) is 5. The molecule has 29 heavy (non-hydrogen) atoms. The van der Waals surface area contributed by atoms with Gasteiger partial charge in [0.2, 0.25) is 5.89 Å². The maximum Gasteiger partial charge on any atom is 0.226 e. The maximum atomic E-state index is 5.64. The lowest BCUT2D eigenvalue weighted by molar-refractivity contribution is 0.189. The van der Waals surface area contributed by atoms with E-state index in [1.807, 2.05) is 42.9 Å². The Morgan fingerprint density at radius 1 is 1.31 bits per heavy atom. The van der Waals surface area contributed by atoms with E-state index >= 15 is 0 Å². The number of likely N-dealkylation sites (tertiary alicyclic amines) is 1. The molecule has 3 aromatic rings. The molecule has 0 amide bonds. The van der Waals surface area contributed by atoms with Gasteiger partial charge in [0, 0.05) is 37.6 Å². The molecule has 3 heterocycles. The van der Waals surface area contributed by atoms with Gasteiger partial charge in [-0.15, -0.1) is 0 Å². The van der Waals surface area contributed by atoms with E-state index in [0.717, 1.165) is 43.3 Å². The smallest absolute Gasteiger partial charge is 0.226 e. The average Bonchev–Trinajstić information content (AvgIpc) is 3.45. The minimum absolute atomic E-state index is 0.395. The second-order valence-corrected chi connectivity index (χ2v) is 7.47. The van der Waals surface area contributed by atoms with Gasteiger partial charge < -0.3 is 19.2 Å². The highest BCUT2D eigenvalue weighted by atomic mass is 16.3. The van der Waals surface area contributed by atoms with Gasteiger partial charge >= 0.3 is 0 Å². The zero-order valence-electron chi connectivity index (χ0n) is 17.0. The lowest BCUT2D eigenvalue weighted by atomic mass is 9.93. The Kier molecular flexibility index (Phi) is 5.93. The summed E-state index contributed by atoms with van der Waals surface area (Å²) in [6, 6.07) is 10.3. The Morgan fingerprint density at radius 2 is 2.17 bits per heavy atom. The lowest BCUT2D eigenvalue weighted by Crippen LogP contribution is -2.49. The maximum absolute atomic E-state index is 5.64. The zero-order valence-corrected chi connectivity index (χ0v) is 17.0. The molecule has 1 aliphatic heterocycles. The highest BCUT2D eigenvalue weighted by molar-refractivity contribution is 5.80. The van der Waals surface area contributed by atoms with Gasteiger partial charge in [-0.05, 0) is 31.4 Å². The van der Waals surface area contributed by atoms with Crippen molar-refractivity contribution in [3.8, 4) is 11.5 Å². The number of piperidine rings is 1. The Bertz CT molecular complexity index is 918. The van der Waals surface area contributed by atoms with E-state index in [2.05, 4.69) is 44.8 Å². The van der Waals surface area contributed by atoms with Crippen LogP contribution in [0.5, 0.6) is 0 Å². The normalized spacial score (nSPS) is 20.1. The van der Waals surface area contributed by atoms with E-state index in [4.69, 9.17) is 9.41 Å². The van der Waals surface area contributed by atoms with Crippen molar-refractivity contribution in [1.29, 1.82) is 0 Å². The molecule has 1 fully saturated rings. The van der Waals surface area contributed by atoms with Gasteiger partial charge in [0.1, 0.15) is 12.0 Å². The number of oxazole rings is 1. The third kappa shape index (κ3) is 4.50. The van der Waals surface area contributed by atoms with E-state index < -0.39 is 0 Å². The number of hydrogen-bond donors (Lipinski definition) is 1. The number of hydrogen-bond acceptors (Lipinski definition) is 4. The van der Waals surface area contributed by atoms with Crippen LogP contribution in [0.25, 0.3) is 11.5 Å². The van der Waals surface area contributed by atoms with E-state index in [-0.39, 0.29) is 0 Å². The van der Waals surface area contributed by atoms with Crippen LogP contribution in [0.1, 0.15) is 32.0 Å². The van der Waals surface area contributed by atoms with Crippen molar-refractivity contribution in [3.05, 3.63) is 61.0 Å². The molecular weight excluding hydrogens is 364 g/mol. The molecule has 0 spiro atoms. The van der Waals surface area contributed by atoms with Crippen LogP contribution in [-0.4, -0.2) is 45.0 Å². The number of imidazole rings is 1. The molecule has 7 nitrogen and oxygen atoms in total. The number of benzene rings is 1. The summed E-state index contributed by atoms with van der Waals surface area (Å²) in [7, 11) is 0. The molecule has 0 radical (unpaired) electrons. The van der Waals surface area contributed by atoms with Crippen LogP contribution in [0.3, 0.4) is 0 Å². The second kappa shape index (κ2) is 8.94. The third-order valence-corrected chi connectivity index (χ3v) is 5.42. The van der Waals surface area contributed by atoms with E-state index in [1.165, 1.54) is 0 Å². The Balaban J connectivity index is 1.47. The van der Waals surface area contributed by atoms with Gasteiger partial charge in [0.05, 0.1) is 18.9 Å². The van der Waals surface area contributed by atoms with Crippen molar-refractivity contribution in [2.24, 2.45) is 10.9 Å². The summed E-state index contributed by atoms with van der Waals surface area (Å²) in [4.78, 5) is 16.0. The van der Waals surface area contributed by atoms with Gasteiger partial charge in [0.15, 0.2) is 5.96 Å². The van der Waals surface area contributed by atoms with Gasteiger partial charge in [-0.3, -0.25) is 0 Å². The molecule has 7 heteroatoms. The van der Waals surface area contributed by atoms with Crippen LogP contribution in [0.2, 0.25) is 0 Å². The molecule has 0 aliphatic carbocycles. The number of aliphatic imine (C=N–C) groups is 1. The summed E-state index contributed by atoms with van der Waals surface area (Å²) in [6.45, 7) is 7.63. The van der Waals surface area contributed by atoms with E-state index in [9.17, 15) is 0 Å². The Labute approximate surface area is 171 Å². The number of nitrogens with one attached hydrogen (secondary N) is 1. The van der Waals surface area contributed by atoms with E-state index in [1.54, 1.807) is 6.26 Å². The summed E-state index contributed by atoms with van der Waals surface area (Å²) in [6.07, 6.45) is 8.63. The van der Waals surface area contributed by atoms with Crippen LogP contribution < -0.4 is 5.32 Å². The van der Waals surface area contributed by atoms with E-state index in [0.29, 0.717) is 24.4 Å². The molecule has 1 saturated heterocycles. The van der Waals surface area contributed by atoms with Crippen molar-refractivity contribution < 1.29 is 4.42 Å². The monoisotopic (exact) mass is 392 g/mol. The Hall–Kier alpha value is -3.09. The highest BCUT2D eigenvalue weighted by Crippen LogP contribution is 2.27. The zero-order chi connectivity index (χ0) is 20.1. The third-order valence-electron chi connectivity index (χ3n) is 5.42. The van der Waals surface area contributed by atoms with Crippen LogP contribution in [0.15, 0.2) is 64.7 Å². The molecule has 2 unspecified atom stereocenters. The first-order chi connectivity index (χ1) is 14.2. The summed E-state index contributed by atoms with van der Waals surface area (Å²) in [5, 5.41) is 3.43. The van der Waals surface area contributed by atoms with Crippen LogP contribution in [0, 0.1) is 5.92 Å². The quantitative estimate of drug-likeness (QED) is 0.531. The molecule has 2 atom stereocenters. The fraction of sp³-hybridized carbons (Fsp3) is 0.409. The van der Waals surface area contributed by atoms with Crippen molar-refractivity contribution in [2.75, 3.05) is 19.6 Å². The largest absolute Gasteiger partial charge is 0.444 e. The summed E-state index contributed by atoms with van der Waals surface area (Å²) in [5.41, 5.74) is 1.80. The summed E-state index contributed by atoms with van der Waals surface area (Å²) >= 11 is 0. The average molecular weight is 393 g/mol. The van der Waals surface area contributed by atoms with Gasteiger partial charge in [-0.25, -0.2) is 15.0 Å². The minimum Gasteiger partial charge on any atom is -0.444 e. The molecule has 0 bridgehead atoms. The molecule has 2 aromatic heterocycles. The first-order valence-electron chi connectivity index (χ1n) is 10.2. The Morgan fingerprint density at radius 3 is 2.93 bits per heavy atom. The molecule has 152 valence electrons. The van der Waals surface area contributed by atoms with Crippen LogP contribution in [-0.2, 0) is 6.54 Å². The molecule has 1 N–H and O–H groups in total. The van der Waals surface area contributed by atoms with Crippen LogP contribution >= 0.6 is 0 Å². The summed E-state index contributed by atoms with van der Waals surface area (Å²) < 4.78 is 7.86. The molecule has 4 rings (SSSR count). The molecule has 1 aliphatic rings. The topological polar surface area (TPSA) is 71.5 Å². The molecular formula is C22H28N6O.